The number of carbonyl (C=O) groups is 1. The summed E-state index contributed by atoms with van der Waals surface area (Å²) in [5, 5.41) is 6.71. The van der Waals surface area contributed by atoms with Gasteiger partial charge in [0, 0.05) is 0 Å². The first kappa shape index (κ1) is 14.1. The van der Waals surface area contributed by atoms with Gasteiger partial charge in [0.05, 0.1) is 12.5 Å². The third kappa shape index (κ3) is 2.78. The van der Waals surface area contributed by atoms with E-state index in [1.165, 1.54) is 12.5 Å². The summed E-state index contributed by atoms with van der Waals surface area (Å²) in [6.07, 6.45) is 2.98. The van der Waals surface area contributed by atoms with Crippen LogP contribution in [0.5, 0.6) is 0 Å². The van der Waals surface area contributed by atoms with Crippen LogP contribution < -0.4 is 5.32 Å². The monoisotopic (exact) mass is 301 g/mol. The molecule has 7 heteroatoms. The molecular formula is C15H15N3O4. The van der Waals surface area contributed by atoms with Gasteiger partial charge in [0.15, 0.2) is 11.5 Å². The molecule has 3 heterocycles. The van der Waals surface area contributed by atoms with Crippen LogP contribution in [0.15, 0.2) is 50.1 Å². The highest BCUT2D eigenvalue weighted by molar-refractivity contribution is 5.91. The van der Waals surface area contributed by atoms with E-state index >= 15 is 0 Å². The third-order valence-electron chi connectivity index (χ3n) is 3.15. The standard InChI is InChI=1S/C15H15N3O4/c1-9(2)12(16-14(19)11-6-4-8-21-11)15-17-13(18-22-15)10-5-3-7-20-10/h3-9,12H,1-2H3,(H,16,19)/t12-/m0/s1. The molecule has 0 aliphatic carbocycles. The van der Waals surface area contributed by atoms with E-state index in [0.29, 0.717) is 17.5 Å². The number of hydrogen-bond donors (Lipinski definition) is 1. The summed E-state index contributed by atoms with van der Waals surface area (Å²) in [7, 11) is 0. The van der Waals surface area contributed by atoms with Crippen LogP contribution in [0, 0.1) is 5.92 Å². The van der Waals surface area contributed by atoms with Gasteiger partial charge in [0.2, 0.25) is 11.7 Å². The third-order valence-corrected chi connectivity index (χ3v) is 3.15. The van der Waals surface area contributed by atoms with E-state index in [1.807, 2.05) is 13.8 Å². The molecule has 0 saturated heterocycles. The maximum atomic E-state index is 12.1. The van der Waals surface area contributed by atoms with Crippen molar-refractivity contribution in [3.8, 4) is 11.6 Å². The Labute approximate surface area is 126 Å². The maximum absolute atomic E-state index is 12.1. The summed E-state index contributed by atoms with van der Waals surface area (Å²) in [6.45, 7) is 3.90. The second-order valence-electron chi connectivity index (χ2n) is 5.11. The number of carbonyl (C=O) groups excluding carboxylic acids is 1. The molecule has 0 spiro atoms. The number of aromatic nitrogens is 2. The lowest BCUT2D eigenvalue weighted by atomic mass is 10.0. The van der Waals surface area contributed by atoms with E-state index in [1.54, 1.807) is 24.3 Å². The van der Waals surface area contributed by atoms with Crippen molar-refractivity contribution in [1.29, 1.82) is 0 Å². The Morgan fingerprint density at radius 3 is 2.59 bits per heavy atom. The van der Waals surface area contributed by atoms with Gasteiger partial charge in [0.25, 0.3) is 5.91 Å². The summed E-state index contributed by atoms with van der Waals surface area (Å²) in [5.74, 6) is 1.13. The molecule has 1 amide bonds. The average molecular weight is 301 g/mol. The zero-order chi connectivity index (χ0) is 15.5. The Kier molecular flexibility index (Phi) is 3.78. The first-order valence-corrected chi connectivity index (χ1v) is 6.87. The van der Waals surface area contributed by atoms with Crippen molar-refractivity contribution >= 4 is 5.91 Å². The summed E-state index contributed by atoms with van der Waals surface area (Å²) >= 11 is 0. The fourth-order valence-electron chi connectivity index (χ4n) is 2.00. The molecule has 0 aromatic carbocycles. The van der Waals surface area contributed by atoms with Crippen LogP contribution in [0.1, 0.15) is 36.3 Å². The SMILES string of the molecule is CC(C)[C@H](NC(=O)c1ccco1)c1nc(-c2ccco2)no1. The van der Waals surface area contributed by atoms with Crippen LogP contribution in [0.4, 0.5) is 0 Å². The van der Waals surface area contributed by atoms with Crippen molar-refractivity contribution in [2.45, 2.75) is 19.9 Å². The Balaban J connectivity index is 1.81. The van der Waals surface area contributed by atoms with E-state index in [-0.39, 0.29) is 17.6 Å². The fourth-order valence-corrected chi connectivity index (χ4v) is 2.00. The van der Waals surface area contributed by atoms with Crippen LogP contribution in [0.25, 0.3) is 11.6 Å². The lowest BCUT2D eigenvalue weighted by Crippen LogP contribution is -2.31. The second-order valence-corrected chi connectivity index (χ2v) is 5.11. The summed E-state index contributed by atoms with van der Waals surface area (Å²) in [6, 6.07) is 6.30. The normalized spacial score (nSPS) is 12.5. The molecule has 3 aromatic rings. The van der Waals surface area contributed by atoms with Gasteiger partial charge in [-0.15, -0.1) is 0 Å². The van der Waals surface area contributed by atoms with Crippen LogP contribution in [-0.4, -0.2) is 16.0 Å². The Morgan fingerprint density at radius 1 is 1.18 bits per heavy atom. The van der Waals surface area contributed by atoms with Crippen molar-refractivity contribution in [3.63, 3.8) is 0 Å². The van der Waals surface area contributed by atoms with Crippen LogP contribution in [-0.2, 0) is 0 Å². The molecular weight excluding hydrogens is 286 g/mol. The van der Waals surface area contributed by atoms with Gasteiger partial charge < -0.3 is 18.7 Å². The average Bonchev–Trinajstić information content (AvgIpc) is 3.25. The minimum absolute atomic E-state index is 0.0591. The molecule has 1 atom stereocenters. The number of nitrogens with one attached hydrogen (secondary N) is 1. The molecule has 1 N–H and O–H groups in total. The number of rotatable bonds is 5. The molecule has 0 unspecified atom stereocenters. The molecule has 0 saturated carbocycles. The molecule has 7 nitrogen and oxygen atoms in total. The summed E-state index contributed by atoms with van der Waals surface area (Å²) in [4.78, 5) is 16.4. The minimum Gasteiger partial charge on any atom is -0.461 e. The summed E-state index contributed by atoms with van der Waals surface area (Å²) < 4.78 is 15.6. The van der Waals surface area contributed by atoms with Crippen molar-refractivity contribution in [2.24, 2.45) is 5.92 Å². The maximum Gasteiger partial charge on any atom is 0.287 e. The molecule has 22 heavy (non-hydrogen) atoms. The smallest absolute Gasteiger partial charge is 0.287 e. The van der Waals surface area contributed by atoms with E-state index < -0.39 is 6.04 Å². The zero-order valence-electron chi connectivity index (χ0n) is 12.1. The number of hydrogen-bond acceptors (Lipinski definition) is 6. The quantitative estimate of drug-likeness (QED) is 0.778. The molecule has 114 valence electrons. The van der Waals surface area contributed by atoms with E-state index in [2.05, 4.69) is 15.5 Å². The highest BCUT2D eigenvalue weighted by atomic mass is 16.5. The van der Waals surface area contributed by atoms with Crippen LogP contribution >= 0.6 is 0 Å². The topological polar surface area (TPSA) is 94.3 Å². The van der Waals surface area contributed by atoms with Crippen molar-refractivity contribution < 1.29 is 18.2 Å². The predicted octanol–water partition coefficient (Wildman–Crippen LogP) is 3.05. The van der Waals surface area contributed by atoms with Crippen molar-refractivity contribution in [1.82, 2.24) is 15.5 Å². The second kappa shape index (κ2) is 5.88. The van der Waals surface area contributed by atoms with Crippen molar-refractivity contribution in [2.75, 3.05) is 0 Å². The molecule has 0 fully saturated rings. The lowest BCUT2D eigenvalue weighted by Gasteiger charge is -2.17. The first-order valence-electron chi connectivity index (χ1n) is 6.87. The van der Waals surface area contributed by atoms with Gasteiger partial charge in [0.1, 0.15) is 6.04 Å². The Morgan fingerprint density at radius 2 is 1.95 bits per heavy atom. The van der Waals surface area contributed by atoms with Gasteiger partial charge in [-0.05, 0) is 30.2 Å². The van der Waals surface area contributed by atoms with E-state index in [9.17, 15) is 4.79 Å². The number of amides is 1. The molecule has 0 aliphatic rings. The highest BCUT2D eigenvalue weighted by Crippen LogP contribution is 2.24. The molecule has 3 rings (SSSR count). The number of furan rings is 2. The summed E-state index contributed by atoms with van der Waals surface area (Å²) in [5.41, 5.74) is 0. The lowest BCUT2D eigenvalue weighted by molar-refractivity contribution is 0.0885. The number of nitrogens with zero attached hydrogens (tertiary/aromatic N) is 2. The van der Waals surface area contributed by atoms with Crippen LogP contribution in [0.2, 0.25) is 0 Å². The predicted molar refractivity (Wildman–Crippen MR) is 75.8 cm³/mol. The van der Waals surface area contributed by atoms with Gasteiger partial charge in [-0.25, -0.2) is 0 Å². The van der Waals surface area contributed by atoms with Gasteiger partial charge in [-0.2, -0.15) is 4.98 Å². The van der Waals surface area contributed by atoms with Gasteiger partial charge >= 0.3 is 0 Å². The van der Waals surface area contributed by atoms with Crippen molar-refractivity contribution in [3.05, 3.63) is 48.4 Å². The molecule has 0 bridgehead atoms. The molecule has 0 radical (unpaired) electrons. The highest BCUT2D eigenvalue weighted by Gasteiger charge is 2.26. The van der Waals surface area contributed by atoms with Crippen LogP contribution in [0.3, 0.4) is 0 Å². The Bertz CT molecular complexity index is 729. The largest absolute Gasteiger partial charge is 0.461 e. The molecule has 3 aromatic heterocycles. The molecule has 0 aliphatic heterocycles. The fraction of sp³-hybridized carbons (Fsp3) is 0.267. The van der Waals surface area contributed by atoms with Gasteiger partial charge in [-0.3, -0.25) is 4.79 Å². The first-order chi connectivity index (χ1) is 10.6. The minimum atomic E-state index is -0.422. The zero-order valence-corrected chi connectivity index (χ0v) is 12.1. The Hall–Kier alpha value is -2.83. The van der Waals surface area contributed by atoms with E-state index in [0.717, 1.165) is 0 Å². The van der Waals surface area contributed by atoms with Gasteiger partial charge in [-0.1, -0.05) is 19.0 Å². The van der Waals surface area contributed by atoms with E-state index in [4.69, 9.17) is 13.4 Å².